The zero-order chi connectivity index (χ0) is 8.72. The van der Waals surface area contributed by atoms with Gasteiger partial charge in [0.05, 0.1) is 13.0 Å². The number of nitrogens with zero attached hydrogens (tertiary/aromatic N) is 3. The molecule has 2 heterocycles. The zero-order valence-electron chi connectivity index (χ0n) is 7.03. The van der Waals surface area contributed by atoms with E-state index in [0.29, 0.717) is 4.64 Å². The van der Waals surface area contributed by atoms with E-state index in [0.717, 1.165) is 18.2 Å². The van der Waals surface area contributed by atoms with Gasteiger partial charge < -0.3 is 14.8 Å². The van der Waals surface area contributed by atoms with Gasteiger partial charge in [-0.2, -0.15) is 0 Å². The molecule has 1 aromatic heterocycles. The molecule has 1 N–H and O–H groups in total. The van der Waals surface area contributed by atoms with E-state index in [1.54, 1.807) is 6.33 Å². The van der Waals surface area contributed by atoms with Crippen molar-refractivity contribution in [2.24, 2.45) is 0 Å². The lowest BCUT2D eigenvalue weighted by atomic mass is 10.5. The van der Waals surface area contributed by atoms with Crippen LogP contribution in [0.4, 0.5) is 11.5 Å². The molecule has 64 valence electrons. The summed E-state index contributed by atoms with van der Waals surface area (Å²) in [5.41, 5.74) is 1.02. The third kappa shape index (κ3) is 0.896. The van der Waals surface area contributed by atoms with Crippen LogP contribution in [0.2, 0.25) is 0 Å². The van der Waals surface area contributed by atoms with Crippen molar-refractivity contribution < 1.29 is 0 Å². The predicted octanol–water partition coefficient (Wildman–Crippen LogP) is 0.983. The number of hydrogen-bond donors (Lipinski definition) is 1. The monoisotopic (exact) mass is 182 g/mol. The van der Waals surface area contributed by atoms with Crippen LogP contribution in [-0.4, -0.2) is 30.7 Å². The highest BCUT2D eigenvalue weighted by molar-refractivity contribution is 7.71. The molecule has 0 aromatic carbocycles. The number of aromatic nitrogens is 2. The smallest absolute Gasteiger partial charge is 0.154 e. The maximum Gasteiger partial charge on any atom is 0.154 e. The Kier molecular flexibility index (Phi) is 1.54. The minimum atomic E-state index is 0.663. The lowest BCUT2D eigenvalue weighted by Crippen LogP contribution is -2.24. The number of hydrogen-bond acceptors (Lipinski definition) is 4. The van der Waals surface area contributed by atoms with Crippen molar-refractivity contribution in [1.82, 2.24) is 9.97 Å². The molecule has 12 heavy (non-hydrogen) atoms. The summed E-state index contributed by atoms with van der Waals surface area (Å²) in [7, 11) is 4.03. The Labute approximate surface area is 75.8 Å². The summed E-state index contributed by atoms with van der Waals surface area (Å²) in [6, 6.07) is 0. The summed E-state index contributed by atoms with van der Waals surface area (Å²) in [5, 5.41) is 0. The molecule has 0 spiro atoms. The second-order valence-corrected chi connectivity index (χ2v) is 3.33. The van der Waals surface area contributed by atoms with Gasteiger partial charge >= 0.3 is 0 Å². The van der Waals surface area contributed by atoms with Crippen molar-refractivity contribution in [3.63, 3.8) is 0 Å². The minimum absolute atomic E-state index is 0.663. The number of H-pyrrole nitrogens is 1. The Balaban J connectivity index is 2.67. The van der Waals surface area contributed by atoms with Gasteiger partial charge in [0.25, 0.3) is 0 Å². The Hall–Kier alpha value is -1.10. The van der Waals surface area contributed by atoms with Crippen LogP contribution in [0.1, 0.15) is 0 Å². The average Bonchev–Trinajstić information content (AvgIpc) is 2.29. The molecule has 1 aliphatic heterocycles. The van der Waals surface area contributed by atoms with Crippen LogP contribution in [0, 0.1) is 4.64 Å². The van der Waals surface area contributed by atoms with Gasteiger partial charge in [-0.05, 0) is 0 Å². The van der Waals surface area contributed by atoms with Crippen LogP contribution in [0.5, 0.6) is 0 Å². The fourth-order valence-corrected chi connectivity index (χ4v) is 1.78. The molecule has 0 saturated carbocycles. The van der Waals surface area contributed by atoms with E-state index in [9.17, 15) is 0 Å². The fourth-order valence-electron chi connectivity index (χ4n) is 1.48. The van der Waals surface area contributed by atoms with Gasteiger partial charge in [-0.25, -0.2) is 4.98 Å². The van der Waals surface area contributed by atoms with Gasteiger partial charge in [-0.3, -0.25) is 0 Å². The van der Waals surface area contributed by atoms with Crippen LogP contribution < -0.4 is 9.80 Å². The summed E-state index contributed by atoms with van der Waals surface area (Å²) >= 11 is 5.11. The quantitative estimate of drug-likeness (QED) is 0.607. The second-order valence-electron chi connectivity index (χ2n) is 2.94. The third-order valence-electron chi connectivity index (χ3n) is 2.00. The van der Waals surface area contributed by atoms with E-state index in [1.165, 1.54) is 0 Å². The normalized spacial score (nSPS) is 15.2. The first kappa shape index (κ1) is 7.54. The highest BCUT2D eigenvalue weighted by Gasteiger charge is 2.21. The van der Waals surface area contributed by atoms with Crippen molar-refractivity contribution in [2.45, 2.75) is 0 Å². The standard InChI is InChI=1S/C7H10N4S/c1-10-4-11(2)6-5(10)7(12)9-3-8-6/h3H,4H2,1-2H3,(H,8,9,12). The van der Waals surface area contributed by atoms with Crippen molar-refractivity contribution in [3.05, 3.63) is 11.0 Å². The molecule has 0 fully saturated rings. The predicted molar refractivity (Wildman–Crippen MR) is 51.1 cm³/mol. The Morgan fingerprint density at radius 2 is 2.25 bits per heavy atom. The highest BCUT2D eigenvalue weighted by atomic mass is 32.1. The van der Waals surface area contributed by atoms with Crippen LogP contribution >= 0.6 is 12.2 Å². The first-order valence-electron chi connectivity index (χ1n) is 3.70. The number of fused-ring (bicyclic) bond motifs is 1. The van der Waals surface area contributed by atoms with Gasteiger partial charge in [0.2, 0.25) is 0 Å². The molecule has 1 aliphatic rings. The van der Waals surface area contributed by atoms with E-state index in [2.05, 4.69) is 19.8 Å². The molecule has 0 radical (unpaired) electrons. The number of rotatable bonds is 0. The topological polar surface area (TPSA) is 35.2 Å². The first-order chi connectivity index (χ1) is 5.70. The maximum absolute atomic E-state index is 5.11. The van der Waals surface area contributed by atoms with Gasteiger partial charge in [-0.15, -0.1) is 0 Å². The van der Waals surface area contributed by atoms with Gasteiger partial charge in [0.15, 0.2) is 4.64 Å². The molecule has 0 saturated heterocycles. The SMILES string of the molecule is CN1CN(C)c2c1[nH]cnc2=S. The van der Waals surface area contributed by atoms with Crippen LogP contribution in [0.3, 0.4) is 0 Å². The lowest BCUT2D eigenvalue weighted by molar-refractivity contribution is 0.908. The Bertz CT molecular complexity index is 359. The van der Waals surface area contributed by atoms with Crippen LogP contribution in [0.25, 0.3) is 0 Å². The Morgan fingerprint density at radius 1 is 1.50 bits per heavy atom. The molecule has 0 bridgehead atoms. The summed E-state index contributed by atoms with van der Waals surface area (Å²) in [6.45, 7) is 0.862. The fraction of sp³-hybridized carbons (Fsp3) is 0.429. The number of aromatic amines is 1. The molecule has 2 rings (SSSR count). The van der Waals surface area contributed by atoms with Crippen LogP contribution in [-0.2, 0) is 0 Å². The molecule has 0 aliphatic carbocycles. The van der Waals surface area contributed by atoms with Crippen molar-refractivity contribution in [1.29, 1.82) is 0 Å². The molecule has 0 atom stereocenters. The van der Waals surface area contributed by atoms with E-state index in [-0.39, 0.29) is 0 Å². The van der Waals surface area contributed by atoms with Crippen LogP contribution in [0.15, 0.2) is 6.33 Å². The lowest BCUT2D eigenvalue weighted by Gasteiger charge is -2.11. The molecule has 0 unspecified atom stereocenters. The molecular formula is C7H10N4S. The minimum Gasteiger partial charge on any atom is -0.351 e. The molecular weight excluding hydrogens is 172 g/mol. The van der Waals surface area contributed by atoms with Gasteiger partial charge in [0, 0.05) is 14.1 Å². The average molecular weight is 182 g/mol. The molecule has 4 nitrogen and oxygen atoms in total. The Morgan fingerprint density at radius 3 is 2.92 bits per heavy atom. The summed E-state index contributed by atoms with van der Waals surface area (Å²) in [5.74, 6) is 1.05. The third-order valence-corrected chi connectivity index (χ3v) is 2.30. The van der Waals surface area contributed by atoms with Gasteiger partial charge in [0.1, 0.15) is 11.5 Å². The summed E-state index contributed by atoms with van der Waals surface area (Å²) in [6.07, 6.45) is 1.64. The van der Waals surface area contributed by atoms with Crippen molar-refractivity contribution >= 4 is 23.7 Å². The largest absolute Gasteiger partial charge is 0.351 e. The highest BCUT2D eigenvalue weighted by Crippen LogP contribution is 2.31. The maximum atomic E-state index is 5.11. The molecule has 5 heteroatoms. The van der Waals surface area contributed by atoms with E-state index >= 15 is 0 Å². The number of anilines is 2. The second kappa shape index (κ2) is 2.45. The van der Waals surface area contributed by atoms with Crippen molar-refractivity contribution in [2.75, 3.05) is 30.6 Å². The summed E-state index contributed by atoms with van der Waals surface area (Å²) in [4.78, 5) is 11.3. The van der Waals surface area contributed by atoms with E-state index in [4.69, 9.17) is 12.2 Å². The van der Waals surface area contributed by atoms with E-state index < -0.39 is 0 Å². The molecule has 1 aromatic rings. The number of nitrogens with one attached hydrogen (secondary N) is 1. The zero-order valence-corrected chi connectivity index (χ0v) is 7.85. The molecule has 0 amide bonds. The van der Waals surface area contributed by atoms with Gasteiger partial charge in [-0.1, -0.05) is 12.2 Å². The van der Waals surface area contributed by atoms with E-state index in [1.807, 2.05) is 14.1 Å². The summed E-state index contributed by atoms with van der Waals surface area (Å²) < 4.78 is 0.663. The first-order valence-corrected chi connectivity index (χ1v) is 4.11. The van der Waals surface area contributed by atoms with Crippen molar-refractivity contribution in [3.8, 4) is 0 Å².